The van der Waals surface area contributed by atoms with Crippen molar-refractivity contribution in [2.24, 2.45) is 0 Å². The number of nitrogens with one attached hydrogen (secondary N) is 2. The Morgan fingerprint density at radius 1 is 1.29 bits per heavy atom. The molecule has 21 heavy (non-hydrogen) atoms. The van der Waals surface area contributed by atoms with E-state index in [-0.39, 0.29) is 10.9 Å². The summed E-state index contributed by atoms with van der Waals surface area (Å²) >= 11 is 0. The van der Waals surface area contributed by atoms with Gasteiger partial charge in [-0.05, 0) is 32.9 Å². The Bertz CT molecular complexity index is 692. The molecule has 0 atom stereocenters. The summed E-state index contributed by atoms with van der Waals surface area (Å²) in [7, 11) is -3.65. The number of sulfonamides is 1. The van der Waals surface area contributed by atoms with Gasteiger partial charge in [0.25, 0.3) is 10.0 Å². The van der Waals surface area contributed by atoms with Crippen LogP contribution in [0.15, 0.2) is 35.6 Å². The van der Waals surface area contributed by atoms with Crippen LogP contribution >= 0.6 is 0 Å². The van der Waals surface area contributed by atoms with Gasteiger partial charge in [-0.2, -0.15) is 5.10 Å². The van der Waals surface area contributed by atoms with E-state index in [4.69, 9.17) is 0 Å². The monoisotopic (exact) mass is 309 g/mol. The van der Waals surface area contributed by atoms with Crippen molar-refractivity contribution >= 4 is 21.5 Å². The average molecular weight is 309 g/mol. The Kier molecular flexibility index (Phi) is 4.46. The van der Waals surface area contributed by atoms with Crippen molar-refractivity contribution in [3.63, 3.8) is 0 Å². The van der Waals surface area contributed by atoms with Gasteiger partial charge >= 0.3 is 0 Å². The van der Waals surface area contributed by atoms with E-state index in [1.807, 2.05) is 20.8 Å². The maximum Gasteiger partial charge on any atom is 0.263 e. The van der Waals surface area contributed by atoms with Gasteiger partial charge in [-0.3, -0.25) is 9.40 Å². The van der Waals surface area contributed by atoms with Crippen LogP contribution in [0, 0.1) is 0 Å². The quantitative estimate of drug-likeness (QED) is 0.853. The predicted octanol–water partition coefficient (Wildman–Crippen LogP) is 2.09. The smallest absolute Gasteiger partial charge is 0.263 e. The highest BCUT2D eigenvalue weighted by Crippen LogP contribution is 2.17. The van der Waals surface area contributed by atoms with Gasteiger partial charge in [0.2, 0.25) is 0 Å². The normalized spacial score (nSPS) is 11.6. The molecular formula is C13H19N5O2S. The molecule has 2 aromatic heterocycles. The summed E-state index contributed by atoms with van der Waals surface area (Å²) in [5, 5.41) is 7.11. The molecule has 0 radical (unpaired) electrons. The van der Waals surface area contributed by atoms with E-state index >= 15 is 0 Å². The van der Waals surface area contributed by atoms with Crippen molar-refractivity contribution in [1.29, 1.82) is 0 Å². The number of nitrogens with zero attached hydrogens (tertiary/aromatic N) is 3. The van der Waals surface area contributed by atoms with Crippen LogP contribution in [0.25, 0.3) is 0 Å². The first-order valence-corrected chi connectivity index (χ1v) is 8.17. The van der Waals surface area contributed by atoms with Crippen LogP contribution in [0.5, 0.6) is 0 Å². The molecule has 0 saturated heterocycles. The number of rotatable bonds is 6. The van der Waals surface area contributed by atoms with E-state index in [0.717, 1.165) is 6.54 Å². The highest BCUT2D eigenvalue weighted by molar-refractivity contribution is 7.92. The minimum atomic E-state index is -3.65. The fourth-order valence-corrected chi connectivity index (χ4v) is 2.68. The molecule has 0 aliphatic heterocycles. The average Bonchev–Trinajstić information content (AvgIpc) is 2.88. The molecule has 0 saturated carbocycles. The Labute approximate surface area is 124 Å². The van der Waals surface area contributed by atoms with E-state index in [9.17, 15) is 8.42 Å². The van der Waals surface area contributed by atoms with Crippen LogP contribution in [0.1, 0.15) is 26.8 Å². The maximum atomic E-state index is 12.2. The van der Waals surface area contributed by atoms with Crippen LogP contribution < -0.4 is 10.0 Å². The third-order valence-electron chi connectivity index (χ3n) is 2.79. The summed E-state index contributed by atoms with van der Waals surface area (Å²) in [6, 6.07) is 3.32. The Balaban J connectivity index is 2.17. The highest BCUT2D eigenvalue weighted by atomic mass is 32.2. The van der Waals surface area contributed by atoms with Crippen molar-refractivity contribution in [2.45, 2.75) is 31.7 Å². The lowest BCUT2D eigenvalue weighted by molar-refractivity contribution is 0.532. The second-order valence-corrected chi connectivity index (χ2v) is 6.50. The van der Waals surface area contributed by atoms with E-state index in [2.05, 4.69) is 20.1 Å². The molecule has 114 valence electrons. The molecule has 0 aliphatic carbocycles. The van der Waals surface area contributed by atoms with Gasteiger partial charge in [0.15, 0.2) is 0 Å². The van der Waals surface area contributed by atoms with Gasteiger partial charge in [-0.25, -0.2) is 13.4 Å². The lowest BCUT2D eigenvalue weighted by Crippen LogP contribution is -2.13. The first-order valence-electron chi connectivity index (χ1n) is 6.69. The van der Waals surface area contributed by atoms with E-state index in [1.54, 1.807) is 16.9 Å². The number of aromatic nitrogens is 3. The second kappa shape index (κ2) is 6.13. The summed E-state index contributed by atoms with van der Waals surface area (Å²) in [5.74, 6) is 0.643. The molecule has 0 fully saturated rings. The van der Waals surface area contributed by atoms with Gasteiger partial charge in [0.05, 0.1) is 11.9 Å². The van der Waals surface area contributed by atoms with Gasteiger partial charge in [0.1, 0.15) is 10.7 Å². The number of pyridine rings is 1. The molecule has 7 nitrogen and oxygen atoms in total. The third kappa shape index (κ3) is 3.72. The largest absolute Gasteiger partial charge is 0.370 e. The fourth-order valence-electron chi connectivity index (χ4n) is 1.71. The second-order valence-electron chi connectivity index (χ2n) is 4.82. The number of anilines is 2. The molecule has 2 aromatic rings. The zero-order chi connectivity index (χ0) is 15.5. The molecule has 0 unspecified atom stereocenters. The van der Waals surface area contributed by atoms with Crippen LogP contribution in [0.3, 0.4) is 0 Å². The summed E-state index contributed by atoms with van der Waals surface area (Å²) in [4.78, 5) is 4.17. The molecular weight excluding hydrogens is 290 g/mol. The number of hydrogen-bond acceptors (Lipinski definition) is 5. The van der Waals surface area contributed by atoms with Gasteiger partial charge in [-0.1, -0.05) is 0 Å². The molecule has 0 aromatic carbocycles. The summed E-state index contributed by atoms with van der Waals surface area (Å²) in [5.41, 5.74) is 0.430. The van der Waals surface area contributed by atoms with Crippen molar-refractivity contribution < 1.29 is 8.42 Å². The lowest BCUT2D eigenvalue weighted by atomic mass is 10.4. The topological polar surface area (TPSA) is 88.9 Å². The van der Waals surface area contributed by atoms with E-state index in [1.165, 1.54) is 18.5 Å². The molecule has 0 amide bonds. The molecule has 0 spiro atoms. The predicted molar refractivity (Wildman–Crippen MR) is 81.8 cm³/mol. The first-order chi connectivity index (χ1) is 9.92. The minimum Gasteiger partial charge on any atom is -0.370 e. The van der Waals surface area contributed by atoms with E-state index < -0.39 is 10.0 Å². The molecule has 0 bridgehead atoms. The summed E-state index contributed by atoms with van der Waals surface area (Å²) in [6.07, 6.45) is 4.47. The van der Waals surface area contributed by atoms with Crippen LogP contribution in [-0.2, 0) is 10.0 Å². The standard InChI is InChI=1S/C13H19N5O2S/c1-4-14-13-6-5-12(8-15-13)21(19,20)17-11-7-16-18(9-11)10(2)3/h5-10,17H,4H2,1-3H3,(H,14,15). The summed E-state index contributed by atoms with van der Waals surface area (Å²) < 4.78 is 28.7. The van der Waals surface area contributed by atoms with E-state index in [0.29, 0.717) is 11.5 Å². The highest BCUT2D eigenvalue weighted by Gasteiger charge is 2.16. The van der Waals surface area contributed by atoms with Gasteiger partial charge in [0, 0.05) is 25.0 Å². The molecule has 2 N–H and O–H groups in total. The first kappa shape index (κ1) is 15.3. The van der Waals surface area contributed by atoms with Crippen molar-refractivity contribution in [3.8, 4) is 0 Å². The van der Waals surface area contributed by atoms with Crippen LogP contribution in [0.2, 0.25) is 0 Å². The molecule has 2 rings (SSSR count). The van der Waals surface area contributed by atoms with Crippen LogP contribution in [-0.4, -0.2) is 29.7 Å². The molecule has 8 heteroatoms. The van der Waals surface area contributed by atoms with Crippen molar-refractivity contribution in [3.05, 3.63) is 30.7 Å². The Hall–Kier alpha value is -2.09. The molecule has 2 heterocycles. The maximum absolute atomic E-state index is 12.2. The SMILES string of the molecule is CCNc1ccc(S(=O)(=O)Nc2cnn(C(C)C)c2)cn1. The Morgan fingerprint density at radius 3 is 2.57 bits per heavy atom. The Morgan fingerprint density at radius 2 is 2.05 bits per heavy atom. The van der Waals surface area contributed by atoms with Crippen molar-refractivity contribution in [2.75, 3.05) is 16.6 Å². The molecule has 0 aliphatic rings. The minimum absolute atomic E-state index is 0.112. The zero-order valence-corrected chi connectivity index (χ0v) is 13.1. The van der Waals surface area contributed by atoms with Gasteiger partial charge in [-0.15, -0.1) is 0 Å². The lowest BCUT2D eigenvalue weighted by Gasteiger charge is -2.07. The third-order valence-corrected chi connectivity index (χ3v) is 4.15. The zero-order valence-electron chi connectivity index (χ0n) is 12.2. The summed E-state index contributed by atoms with van der Waals surface area (Å²) in [6.45, 7) is 6.61. The van der Waals surface area contributed by atoms with Crippen molar-refractivity contribution in [1.82, 2.24) is 14.8 Å². The van der Waals surface area contributed by atoms with Crippen LogP contribution in [0.4, 0.5) is 11.5 Å². The van der Waals surface area contributed by atoms with Gasteiger partial charge < -0.3 is 5.32 Å². The number of hydrogen-bond donors (Lipinski definition) is 2. The fraction of sp³-hybridized carbons (Fsp3) is 0.385.